The molecule has 1 heterocycles. The fraction of sp³-hybridized carbons (Fsp3) is 0.333. The fourth-order valence-corrected chi connectivity index (χ4v) is 2.83. The Morgan fingerprint density at radius 2 is 1.65 bits per heavy atom. The molecule has 0 fully saturated rings. The number of halogens is 1. The van der Waals surface area contributed by atoms with Crippen molar-refractivity contribution in [2.75, 3.05) is 0 Å². The predicted octanol–water partition coefficient (Wildman–Crippen LogP) is 6.45. The third kappa shape index (κ3) is 4.31. The highest BCUT2D eigenvalue weighted by Gasteiger charge is 2.06. The first-order valence-electron chi connectivity index (χ1n) is 6.78. The van der Waals surface area contributed by atoms with Gasteiger partial charge in [-0.25, -0.2) is 4.39 Å². The Labute approximate surface area is 126 Å². The summed E-state index contributed by atoms with van der Waals surface area (Å²) >= 11 is 1.79. The minimum absolute atomic E-state index is 0.190. The Bertz CT molecular complexity index is 595. The first-order valence-corrected chi connectivity index (χ1v) is 7.60. The number of hydrogen-bond donors (Lipinski definition) is 0. The molecule has 1 rings (SSSR count). The third-order valence-electron chi connectivity index (χ3n) is 3.44. The van der Waals surface area contributed by atoms with E-state index in [4.69, 9.17) is 0 Å². The summed E-state index contributed by atoms with van der Waals surface area (Å²) in [7, 11) is 0. The van der Waals surface area contributed by atoms with Gasteiger partial charge in [0.25, 0.3) is 0 Å². The molecule has 0 radical (unpaired) electrons. The topological polar surface area (TPSA) is 0 Å². The average Bonchev–Trinajstić information content (AvgIpc) is 2.66. The molecule has 0 aliphatic heterocycles. The van der Waals surface area contributed by atoms with Gasteiger partial charge in [0.05, 0.1) is 0 Å². The number of hydrogen-bond acceptors (Lipinski definition) is 1. The lowest BCUT2D eigenvalue weighted by molar-refractivity contribution is 0.658. The maximum absolute atomic E-state index is 13.9. The number of rotatable bonds is 4. The van der Waals surface area contributed by atoms with Gasteiger partial charge in [0, 0.05) is 9.75 Å². The highest BCUT2D eigenvalue weighted by Crippen LogP contribution is 2.28. The quantitative estimate of drug-likeness (QED) is 0.559. The van der Waals surface area contributed by atoms with Gasteiger partial charge >= 0.3 is 0 Å². The van der Waals surface area contributed by atoms with Gasteiger partial charge in [-0.2, -0.15) is 0 Å². The summed E-state index contributed by atoms with van der Waals surface area (Å²) in [6.45, 7) is 12.0. The molecule has 0 aliphatic carbocycles. The molecule has 0 nitrogen and oxygen atoms in total. The van der Waals surface area contributed by atoms with Crippen LogP contribution >= 0.6 is 11.3 Å². The lowest BCUT2D eigenvalue weighted by Gasteiger charge is -1.97. The van der Waals surface area contributed by atoms with E-state index in [0.29, 0.717) is 5.57 Å². The molecule has 20 heavy (non-hydrogen) atoms. The Balaban J connectivity index is 2.96. The maximum atomic E-state index is 13.9. The van der Waals surface area contributed by atoms with Crippen LogP contribution in [0.15, 0.2) is 41.3 Å². The molecule has 0 spiro atoms. The van der Waals surface area contributed by atoms with E-state index < -0.39 is 0 Å². The smallest absolute Gasteiger partial charge is 0.126 e. The standard InChI is InChI=1S/C18H23FS/c1-7-12(2)8-11-18(19)13(3)9-10-17-14(4)15(5)20-16(17)6/h7-11H,1-6H3. The van der Waals surface area contributed by atoms with E-state index >= 15 is 0 Å². The van der Waals surface area contributed by atoms with Crippen molar-refractivity contribution >= 4 is 17.4 Å². The second kappa shape index (κ2) is 7.39. The van der Waals surface area contributed by atoms with Gasteiger partial charge < -0.3 is 0 Å². The first-order chi connectivity index (χ1) is 9.36. The minimum Gasteiger partial charge on any atom is -0.207 e. The average molecular weight is 290 g/mol. The van der Waals surface area contributed by atoms with Crippen LogP contribution in [0.25, 0.3) is 6.08 Å². The summed E-state index contributed by atoms with van der Waals surface area (Å²) < 4.78 is 13.9. The van der Waals surface area contributed by atoms with Gasteiger partial charge in [0.1, 0.15) is 5.83 Å². The molecular formula is C18H23FS. The largest absolute Gasteiger partial charge is 0.207 e. The zero-order chi connectivity index (χ0) is 15.3. The Hall–Kier alpha value is -1.41. The molecule has 0 saturated heterocycles. The molecule has 0 N–H and O–H groups in total. The Morgan fingerprint density at radius 3 is 2.15 bits per heavy atom. The summed E-state index contributed by atoms with van der Waals surface area (Å²) in [4.78, 5) is 2.61. The maximum Gasteiger partial charge on any atom is 0.126 e. The van der Waals surface area contributed by atoms with Crippen molar-refractivity contribution in [3.8, 4) is 0 Å². The van der Waals surface area contributed by atoms with Crippen LogP contribution in [0.5, 0.6) is 0 Å². The van der Waals surface area contributed by atoms with E-state index in [1.54, 1.807) is 24.3 Å². The van der Waals surface area contributed by atoms with Gasteiger partial charge in [-0.05, 0) is 64.3 Å². The van der Waals surface area contributed by atoms with E-state index in [0.717, 1.165) is 5.57 Å². The van der Waals surface area contributed by atoms with Gasteiger partial charge in [0.2, 0.25) is 0 Å². The highest BCUT2D eigenvalue weighted by molar-refractivity contribution is 7.12. The van der Waals surface area contributed by atoms with Crippen LogP contribution in [-0.2, 0) is 0 Å². The second-order valence-electron chi connectivity index (χ2n) is 4.98. The molecule has 0 aliphatic rings. The molecule has 0 atom stereocenters. The second-order valence-corrected chi connectivity index (χ2v) is 6.41. The zero-order valence-electron chi connectivity index (χ0n) is 13.2. The van der Waals surface area contributed by atoms with Crippen LogP contribution in [0.2, 0.25) is 0 Å². The molecule has 0 amide bonds. The van der Waals surface area contributed by atoms with Crippen LogP contribution in [0.4, 0.5) is 4.39 Å². The van der Waals surface area contributed by atoms with Gasteiger partial charge in [-0.3, -0.25) is 0 Å². The summed E-state index contributed by atoms with van der Waals surface area (Å²) in [5.74, 6) is -0.190. The van der Waals surface area contributed by atoms with Crippen LogP contribution in [0.3, 0.4) is 0 Å². The predicted molar refractivity (Wildman–Crippen MR) is 89.9 cm³/mol. The molecular weight excluding hydrogens is 267 g/mol. The highest BCUT2D eigenvalue weighted by atomic mass is 32.1. The van der Waals surface area contributed by atoms with Gasteiger partial charge in [-0.1, -0.05) is 29.9 Å². The van der Waals surface area contributed by atoms with E-state index in [-0.39, 0.29) is 5.83 Å². The number of thiophene rings is 1. The first kappa shape index (κ1) is 16.6. The minimum atomic E-state index is -0.190. The fourth-order valence-electron chi connectivity index (χ4n) is 1.78. The van der Waals surface area contributed by atoms with E-state index in [9.17, 15) is 4.39 Å². The van der Waals surface area contributed by atoms with Crippen molar-refractivity contribution in [1.29, 1.82) is 0 Å². The summed E-state index contributed by atoms with van der Waals surface area (Å²) in [5, 5.41) is 0. The Kier molecular flexibility index (Phi) is 6.15. The van der Waals surface area contributed by atoms with Gasteiger partial charge in [-0.15, -0.1) is 11.3 Å². The SMILES string of the molecule is CC=C(C)C=CC(F)=C(C)C=Cc1c(C)sc(C)c1C. The summed E-state index contributed by atoms with van der Waals surface area (Å²) in [6, 6.07) is 0. The van der Waals surface area contributed by atoms with Crippen molar-refractivity contribution in [2.24, 2.45) is 0 Å². The molecule has 1 aromatic rings. The van der Waals surface area contributed by atoms with Gasteiger partial charge in [0.15, 0.2) is 0 Å². The van der Waals surface area contributed by atoms with E-state index in [1.807, 2.05) is 32.1 Å². The summed E-state index contributed by atoms with van der Waals surface area (Å²) in [6.07, 6.45) is 9.13. The van der Waals surface area contributed by atoms with Crippen LogP contribution in [-0.4, -0.2) is 0 Å². The van der Waals surface area contributed by atoms with E-state index in [2.05, 4.69) is 20.8 Å². The lowest BCUT2D eigenvalue weighted by atomic mass is 10.1. The van der Waals surface area contributed by atoms with Crippen LogP contribution in [0.1, 0.15) is 41.7 Å². The normalized spacial score (nSPS) is 14.4. The Morgan fingerprint density at radius 1 is 1.00 bits per heavy atom. The van der Waals surface area contributed by atoms with E-state index in [1.165, 1.54) is 27.0 Å². The van der Waals surface area contributed by atoms with Crippen molar-refractivity contribution in [2.45, 2.75) is 41.5 Å². The zero-order valence-corrected chi connectivity index (χ0v) is 14.0. The summed E-state index contributed by atoms with van der Waals surface area (Å²) in [5.41, 5.74) is 4.20. The molecule has 108 valence electrons. The third-order valence-corrected chi connectivity index (χ3v) is 4.58. The number of allylic oxidation sites excluding steroid dienone is 7. The van der Waals surface area contributed by atoms with Crippen LogP contribution in [0, 0.1) is 20.8 Å². The number of aryl methyl sites for hydroxylation is 2. The van der Waals surface area contributed by atoms with Crippen molar-refractivity contribution in [3.05, 3.63) is 62.2 Å². The molecule has 1 aromatic heterocycles. The monoisotopic (exact) mass is 290 g/mol. The van der Waals surface area contributed by atoms with Crippen molar-refractivity contribution < 1.29 is 4.39 Å². The molecule has 0 saturated carbocycles. The molecule has 0 unspecified atom stereocenters. The molecule has 0 aromatic carbocycles. The van der Waals surface area contributed by atoms with Crippen LogP contribution < -0.4 is 0 Å². The van der Waals surface area contributed by atoms with Crippen molar-refractivity contribution in [3.63, 3.8) is 0 Å². The molecule has 2 heteroatoms. The molecule has 0 bridgehead atoms. The lowest BCUT2D eigenvalue weighted by Crippen LogP contribution is -1.79. The van der Waals surface area contributed by atoms with Crippen molar-refractivity contribution in [1.82, 2.24) is 0 Å².